The fourth-order valence-electron chi connectivity index (χ4n) is 8.81. The molecule has 0 unspecified atom stereocenters. The highest BCUT2D eigenvalue weighted by Gasteiger charge is 2.24. The number of hydrogen-bond donors (Lipinski definition) is 0. The summed E-state index contributed by atoms with van der Waals surface area (Å²) in [5.74, 6) is 0. The van der Waals surface area contributed by atoms with Crippen molar-refractivity contribution in [2.75, 3.05) is 0 Å². The van der Waals surface area contributed by atoms with Crippen molar-refractivity contribution < 1.29 is 13.3 Å². The van der Waals surface area contributed by atoms with Crippen LogP contribution in [-0.2, 0) is 0 Å². The van der Waals surface area contributed by atoms with E-state index in [9.17, 15) is 0 Å². The first kappa shape index (κ1) is 28.6. The molecule has 0 radical (unpaired) electrons. The molecular formula is C50H28O3. The van der Waals surface area contributed by atoms with Gasteiger partial charge in [-0.05, 0) is 69.1 Å². The quantitative estimate of drug-likeness (QED) is 0.175. The van der Waals surface area contributed by atoms with E-state index in [0.717, 1.165) is 115 Å². The first-order valence-corrected chi connectivity index (χ1v) is 18.0. The van der Waals surface area contributed by atoms with Crippen molar-refractivity contribution in [3.05, 3.63) is 170 Å². The predicted molar refractivity (Wildman–Crippen MR) is 220 cm³/mol. The second-order valence-corrected chi connectivity index (χ2v) is 13.9. The van der Waals surface area contributed by atoms with Gasteiger partial charge in [-0.3, -0.25) is 0 Å². The van der Waals surface area contributed by atoms with E-state index >= 15 is 0 Å². The SMILES string of the molecule is c1ccc2c(c1)oc1cc(-c3ccc(-c4c5ccccc5c(-c5cccc6c5oc5ccccc56)c5ccccc45)c4oc5ccccc5c34)ccc12. The lowest BCUT2D eigenvalue weighted by Crippen LogP contribution is -1.92. The Morgan fingerprint density at radius 3 is 1.38 bits per heavy atom. The summed E-state index contributed by atoms with van der Waals surface area (Å²) in [7, 11) is 0. The van der Waals surface area contributed by atoms with E-state index in [1.807, 2.05) is 24.3 Å². The molecule has 0 amide bonds. The van der Waals surface area contributed by atoms with Crippen LogP contribution in [-0.4, -0.2) is 0 Å². The molecule has 0 aliphatic rings. The fourth-order valence-corrected chi connectivity index (χ4v) is 8.81. The van der Waals surface area contributed by atoms with Gasteiger partial charge in [0.15, 0.2) is 0 Å². The van der Waals surface area contributed by atoms with Crippen LogP contribution >= 0.6 is 0 Å². The predicted octanol–water partition coefficient (Wildman–Crippen LogP) is 14.7. The zero-order valence-electron chi connectivity index (χ0n) is 28.4. The Labute approximate surface area is 302 Å². The summed E-state index contributed by atoms with van der Waals surface area (Å²) in [5.41, 5.74) is 12.0. The molecule has 0 aliphatic heterocycles. The molecule has 12 rings (SSSR count). The van der Waals surface area contributed by atoms with Gasteiger partial charge in [-0.2, -0.15) is 0 Å². The molecule has 0 spiro atoms. The Hall–Kier alpha value is -7.10. The number of benzene rings is 9. The lowest BCUT2D eigenvalue weighted by atomic mass is 9.84. The average molecular weight is 677 g/mol. The molecule has 53 heavy (non-hydrogen) atoms. The Bertz CT molecular complexity index is 3410. The van der Waals surface area contributed by atoms with Crippen LogP contribution in [0.5, 0.6) is 0 Å². The maximum Gasteiger partial charge on any atom is 0.143 e. The zero-order chi connectivity index (χ0) is 34.6. The fraction of sp³-hybridized carbons (Fsp3) is 0. The largest absolute Gasteiger partial charge is 0.456 e. The van der Waals surface area contributed by atoms with Gasteiger partial charge < -0.3 is 13.3 Å². The molecule has 12 aromatic rings. The van der Waals surface area contributed by atoms with E-state index < -0.39 is 0 Å². The van der Waals surface area contributed by atoms with Crippen molar-refractivity contribution >= 4 is 87.4 Å². The highest BCUT2D eigenvalue weighted by molar-refractivity contribution is 6.27. The van der Waals surface area contributed by atoms with Gasteiger partial charge in [-0.25, -0.2) is 0 Å². The van der Waals surface area contributed by atoms with Crippen LogP contribution in [0, 0.1) is 0 Å². The normalized spacial score (nSPS) is 12.2. The second kappa shape index (κ2) is 10.7. The average Bonchev–Trinajstić information content (AvgIpc) is 3.91. The van der Waals surface area contributed by atoms with E-state index in [0.29, 0.717) is 0 Å². The van der Waals surface area contributed by atoms with E-state index in [2.05, 4.69) is 146 Å². The highest BCUT2D eigenvalue weighted by Crippen LogP contribution is 2.50. The maximum atomic E-state index is 6.90. The number of para-hydroxylation sites is 4. The molecule has 0 aliphatic carbocycles. The molecule has 0 fully saturated rings. The summed E-state index contributed by atoms with van der Waals surface area (Å²) in [4.78, 5) is 0. The van der Waals surface area contributed by atoms with Gasteiger partial charge in [0.25, 0.3) is 0 Å². The first-order valence-electron chi connectivity index (χ1n) is 18.0. The number of hydrogen-bond acceptors (Lipinski definition) is 3. The number of rotatable bonds is 3. The Kier molecular flexibility index (Phi) is 5.77. The van der Waals surface area contributed by atoms with Crippen molar-refractivity contribution in [2.45, 2.75) is 0 Å². The molecule has 3 heteroatoms. The maximum absolute atomic E-state index is 6.90. The molecular weight excluding hydrogens is 649 g/mol. The molecule has 9 aromatic carbocycles. The third-order valence-electron chi connectivity index (χ3n) is 11.1. The molecule has 0 atom stereocenters. The standard InChI is InChI=1S/C50H28O3/c1-3-16-36-34(14-1)46(40-20-11-19-38-32-13-6-9-22-43(32)52-49(38)40)35-15-2-4-17-37(35)47(36)41-27-26-30(48-39-18-7-10-23-44(39)53-50(41)48)29-24-25-33-31-12-5-8-21-42(31)51-45(33)28-29/h1-28H. The Balaban J connectivity index is 1.17. The van der Waals surface area contributed by atoms with Gasteiger partial charge >= 0.3 is 0 Å². The van der Waals surface area contributed by atoms with Gasteiger partial charge in [-0.15, -0.1) is 0 Å². The minimum Gasteiger partial charge on any atom is -0.456 e. The minimum absolute atomic E-state index is 0.864. The van der Waals surface area contributed by atoms with Crippen LogP contribution in [0.4, 0.5) is 0 Å². The number of fused-ring (bicyclic) bond motifs is 11. The molecule has 3 heterocycles. The smallest absolute Gasteiger partial charge is 0.143 e. The molecule has 246 valence electrons. The summed E-state index contributed by atoms with van der Waals surface area (Å²) in [5, 5.41) is 11.3. The molecule has 0 bridgehead atoms. The van der Waals surface area contributed by atoms with Crippen LogP contribution in [0.2, 0.25) is 0 Å². The highest BCUT2D eigenvalue weighted by atomic mass is 16.3. The molecule has 3 aromatic heterocycles. The summed E-state index contributed by atoms with van der Waals surface area (Å²) in [6.45, 7) is 0. The molecule has 3 nitrogen and oxygen atoms in total. The summed E-state index contributed by atoms with van der Waals surface area (Å²) >= 11 is 0. The second-order valence-electron chi connectivity index (χ2n) is 13.9. The summed E-state index contributed by atoms with van der Waals surface area (Å²) in [6.07, 6.45) is 0. The molecule has 0 N–H and O–H groups in total. The van der Waals surface area contributed by atoms with Crippen molar-refractivity contribution in [1.29, 1.82) is 0 Å². The van der Waals surface area contributed by atoms with Crippen LogP contribution in [0.1, 0.15) is 0 Å². The summed E-state index contributed by atoms with van der Waals surface area (Å²) < 4.78 is 19.9. The van der Waals surface area contributed by atoms with Crippen molar-refractivity contribution in [3.8, 4) is 33.4 Å². The zero-order valence-corrected chi connectivity index (χ0v) is 28.4. The third kappa shape index (κ3) is 3.99. The monoisotopic (exact) mass is 676 g/mol. The van der Waals surface area contributed by atoms with Crippen LogP contribution < -0.4 is 0 Å². The van der Waals surface area contributed by atoms with E-state index in [1.54, 1.807) is 0 Å². The van der Waals surface area contributed by atoms with E-state index in [-0.39, 0.29) is 0 Å². The Morgan fingerprint density at radius 2 is 0.717 bits per heavy atom. The van der Waals surface area contributed by atoms with Crippen LogP contribution in [0.15, 0.2) is 183 Å². The van der Waals surface area contributed by atoms with Gasteiger partial charge in [-0.1, -0.05) is 133 Å². The van der Waals surface area contributed by atoms with Crippen molar-refractivity contribution in [3.63, 3.8) is 0 Å². The van der Waals surface area contributed by atoms with E-state index in [1.165, 1.54) is 5.56 Å². The minimum atomic E-state index is 0.864. The van der Waals surface area contributed by atoms with Crippen LogP contribution in [0.25, 0.3) is 121 Å². The lowest BCUT2D eigenvalue weighted by Gasteiger charge is -2.18. The van der Waals surface area contributed by atoms with E-state index in [4.69, 9.17) is 13.3 Å². The van der Waals surface area contributed by atoms with Gasteiger partial charge in [0.05, 0.1) is 0 Å². The number of furan rings is 3. The van der Waals surface area contributed by atoms with Crippen LogP contribution in [0.3, 0.4) is 0 Å². The first-order chi connectivity index (χ1) is 26.3. The molecule has 0 saturated heterocycles. The lowest BCUT2D eigenvalue weighted by molar-refractivity contribution is 0.668. The van der Waals surface area contributed by atoms with Crippen molar-refractivity contribution in [1.82, 2.24) is 0 Å². The summed E-state index contributed by atoms with van der Waals surface area (Å²) in [6, 6.07) is 60.0. The van der Waals surface area contributed by atoms with Gasteiger partial charge in [0.2, 0.25) is 0 Å². The third-order valence-corrected chi connectivity index (χ3v) is 11.1. The topological polar surface area (TPSA) is 39.4 Å². The van der Waals surface area contributed by atoms with Gasteiger partial charge in [0.1, 0.15) is 33.5 Å². The van der Waals surface area contributed by atoms with Gasteiger partial charge in [0, 0.05) is 54.6 Å². The molecule has 0 saturated carbocycles. The Morgan fingerprint density at radius 1 is 0.264 bits per heavy atom. The van der Waals surface area contributed by atoms with Crippen molar-refractivity contribution in [2.24, 2.45) is 0 Å².